The summed E-state index contributed by atoms with van der Waals surface area (Å²) >= 11 is 0. The fourth-order valence-corrected chi connectivity index (χ4v) is 5.41. The number of rotatable bonds is 6. The van der Waals surface area contributed by atoms with Crippen molar-refractivity contribution >= 4 is 28.4 Å². The SMILES string of the molecule is CNc1nc(N[C@@H]2CCN(C3(C)COC3)CC2(F)F)nn2ccc(-c3ccc4nc(C)n(CC(F)(F)F)c4n3)c12. The standard InChI is InChI=1S/C25H28F5N9O/c1-14-32-17-5-4-16(33-21(17)38(14)11-25(28,29)30)15-6-9-39-19(15)20(31-3)35-22(36-39)34-18-7-8-37(10-24(18,26)27)23(2)12-40-13-23/h4-6,9,18H,7-8,10-13H2,1-3H3,(H2,31,34,35,36)/t18-/m1/s1. The summed E-state index contributed by atoms with van der Waals surface area (Å²) in [6, 6.07) is 3.82. The van der Waals surface area contributed by atoms with Gasteiger partial charge in [-0.3, -0.25) is 4.90 Å². The Kier molecular flexibility index (Phi) is 6.14. The zero-order chi connectivity index (χ0) is 28.4. The highest BCUT2D eigenvalue weighted by molar-refractivity contribution is 5.89. The van der Waals surface area contributed by atoms with Crippen LogP contribution < -0.4 is 10.6 Å². The monoisotopic (exact) mass is 565 g/mol. The maximum atomic E-state index is 15.2. The first-order valence-electron chi connectivity index (χ1n) is 12.8. The van der Waals surface area contributed by atoms with E-state index in [4.69, 9.17) is 4.74 Å². The Morgan fingerprint density at radius 2 is 1.90 bits per heavy atom. The van der Waals surface area contributed by atoms with Crippen molar-refractivity contribution in [3.8, 4) is 11.3 Å². The van der Waals surface area contributed by atoms with Crippen LogP contribution in [-0.4, -0.2) is 91.1 Å². The van der Waals surface area contributed by atoms with Gasteiger partial charge in [-0.05, 0) is 38.5 Å². The van der Waals surface area contributed by atoms with Crippen molar-refractivity contribution in [2.45, 2.75) is 50.5 Å². The molecule has 10 nitrogen and oxygen atoms in total. The smallest absolute Gasteiger partial charge is 0.377 e. The van der Waals surface area contributed by atoms with E-state index in [0.717, 1.165) is 4.57 Å². The number of nitrogens with zero attached hydrogens (tertiary/aromatic N) is 7. The van der Waals surface area contributed by atoms with Crippen LogP contribution in [0.15, 0.2) is 24.4 Å². The second-order valence-corrected chi connectivity index (χ2v) is 10.6. The minimum absolute atomic E-state index is 0.0256. The zero-order valence-corrected chi connectivity index (χ0v) is 22.1. The van der Waals surface area contributed by atoms with Gasteiger partial charge in [-0.2, -0.15) is 18.2 Å². The van der Waals surface area contributed by atoms with Crippen molar-refractivity contribution in [2.75, 3.05) is 44.0 Å². The number of alkyl halides is 5. The third-order valence-corrected chi connectivity index (χ3v) is 7.64. The molecule has 1 atom stereocenters. The second-order valence-electron chi connectivity index (χ2n) is 10.6. The Morgan fingerprint density at radius 3 is 2.55 bits per heavy atom. The summed E-state index contributed by atoms with van der Waals surface area (Å²) in [6.45, 7) is 3.19. The fraction of sp³-hybridized carbons (Fsp3) is 0.520. The molecule has 0 amide bonds. The van der Waals surface area contributed by atoms with Gasteiger partial charge in [0.2, 0.25) is 5.95 Å². The largest absolute Gasteiger partial charge is 0.406 e. The molecular weight excluding hydrogens is 537 g/mol. The summed E-state index contributed by atoms with van der Waals surface area (Å²) in [7, 11) is 1.63. The average Bonchev–Trinajstić information content (AvgIpc) is 3.42. The maximum absolute atomic E-state index is 15.2. The van der Waals surface area contributed by atoms with Crippen molar-refractivity contribution in [1.82, 2.24) is 34.0 Å². The molecule has 0 unspecified atom stereocenters. The number of halogens is 5. The summed E-state index contributed by atoms with van der Waals surface area (Å²) in [5.41, 5.74) is 1.53. The van der Waals surface area contributed by atoms with E-state index in [-0.39, 0.29) is 29.4 Å². The Balaban J connectivity index is 1.31. The highest BCUT2D eigenvalue weighted by Gasteiger charge is 2.51. The number of ether oxygens (including phenoxy) is 1. The highest BCUT2D eigenvalue weighted by Crippen LogP contribution is 2.36. The van der Waals surface area contributed by atoms with Crippen LogP contribution in [0.1, 0.15) is 19.2 Å². The first kappa shape index (κ1) is 26.6. The van der Waals surface area contributed by atoms with E-state index in [0.29, 0.717) is 47.9 Å². The molecule has 0 saturated carbocycles. The van der Waals surface area contributed by atoms with Crippen molar-refractivity contribution in [3.05, 3.63) is 30.2 Å². The van der Waals surface area contributed by atoms with E-state index >= 15 is 8.78 Å². The lowest BCUT2D eigenvalue weighted by molar-refractivity contribution is -0.174. The number of hydrogen-bond acceptors (Lipinski definition) is 8. The van der Waals surface area contributed by atoms with Gasteiger partial charge in [0, 0.05) is 25.4 Å². The average molecular weight is 566 g/mol. The zero-order valence-electron chi connectivity index (χ0n) is 22.1. The molecule has 0 aromatic carbocycles. The molecule has 40 heavy (non-hydrogen) atoms. The van der Waals surface area contributed by atoms with Gasteiger partial charge in [0.25, 0.3) is 5.92 Å². The van der Waals surface area contributed by atoms with E-state index in [9.17, 15) is 13.2 Å². The first-order valence-corrected chi connectivity index (χ1v) is 12.8. The maximum Gasteiger partial charge on any atom is 0.406 e. The molecule has 6 heterocycles. The molecule has 2 N–H and O–H groups in total. The Labute approximate surface area is 225 Å². The van der Waals surface area contributed by atoms with Gasteiger partial charge in [-0.1, -0.05) is 0 Å². The van der Waals surface area contributed by atoms with E-state index in [1.165, 1.54) is 11.4 Å². The molecular formula is C25H28F5N9O. The number of piperidine rings is 1. The molecule has 0 bridgehead atoms. The summed E-state index contributed by atoms with van der Waals surface area (Å²) in [4.78, 5) is 14.9. The molecule has 2 aliphatic heterocycles. The number of hydrogen-bond donors (Lipinski definition) is 2. The van der Waals surface area contributed by atoms with Crippen molar-refractivity contribution in [2.24, 2.45) is 0 Å². The molecule has 4 aromatic rings. The number of aromatic nitrogens is 6. The molecule has 0 aliphatic carbocycles. The van der Waals surface area contributed by atoms with E-state index < -0.39 is 31.2 Å². The molecule has 6 rings (SSSR count). The van der Waals surface area contributed by atoms with Crippen LogP contribution in [0.3, 0.4) is 0 Å². The summed E-state index contributed by atoms with van der Waals surface area (Å²) in [6.07, 6.45) is -2.61. The van der Waals surface area contributed by atoms with Gasteiger partial charge in [0.15, 0.2) is 11.5 Å². The lowest BCUT2D eigenvalue weighted by Crippen LogP contribution is -2.67. The molecule has 0 spiro atoms. The van der Waals surface area contributed by atoms with Crippen LogP contribution in [0.2, 0.25) is 0 Å². The van der Waals surface area contributed by atoms with Gasteiger partial charge in [-0.25, -0.2) is 23.3 Å². The minimum Gasteiger partial charge on any atom is -0.377 e. The fourth-order valence-electron chi connectivity index (χ4n) is 5.41. The van der Waals surface area contributed by atoms with E-state index in [1.807, 2.05) is 6.92 Å². The number of pyridine rings is 1. The lowest BCUT2D eigenvalue weighted by atomic mass is 9.91. The van der Waals surface area contributed by atoms with Crippen molar-refractivity contribution in [3.63, 3.8) is 0 Å². The predicted octanol–water partition coefficient (Wildman–Crippen LogP) is 3.96. The highest BCUT2D eigenvalue weighted by atomic mass is 19.4. The van der Waals surface area contributed by atoms with E-state index in [2.05, 4.69) is 30.7 Å². The van der Waals surface area contributed by atoms with Crippen LogP contribution in [-0.2, 0) is 11.3 Å². The summed E-state index contributed by atoms with van der Waals surface area (Å²) in [5.74, 6) is -2.45. The number of anilines is 2. The lowest BCUT2D eigenvalue weighted by Gasteiger charge is -2.51. The molecule has 0 radical (unpaired) electrons. The number of likely N-dealkylation sites (tertiary alicyclic amines) is 1. The van der Waals surface area contributed by atoms with Crippen LogP contribution in [0.5, 0.6) is 0 Å². The normalized spacial score (nSPS) is 21.1. The minimum atomic E-state index is -4.44. The quantitative estimate of drug-likeness (QED) is 0.339. The molecule has 4 aromatic heterocycles. The Morgan fingerprint density at radius 1 is 1.12 bits per heavy atom. The molecule has 2 fully saturated rings. The topological polar surface area (TPSA) is 97.4 Å². The van der Waals surface area contributed by atoms with Crippen molar-refractivity contribution in [1.29, 1.82) is 0 Å². The van der Waals surface area contributed by atoms with Gasteiger partial charge >= 0.3 is 6.18 Å². The van der Waals surface area contributed by atoms with Crippen LogP contribution in [0.4, 0.5) is 33.7 Å². The van der Waals surface area contributed by atoms with Crippen LogP contribution in [0, 0.1) is 6.92 Å². The number of fused-ring (bicyclic) bond motifs is 2. The number of aryl methyl sites for hydroxylation is 1. The van der Waals surface area contributed by atoms with E-state index in [1.54, 1.807) is 36.3 Å². The van der Waals surface area contributed by atoms with Crippen LogP contribution in [0.25, 0.3) is 27.9 Å². The second kappa shape index (κ2) is 9.23. The Hall–Kier alpha value is -3.59. The molecule has 15 heteroatoms. The third kappa shape index (κ3) is 4.60. The van der Waals surface area contributed by atoms with Gasteiger partial charge in [-0.15, -0.1) is 5.10 Å². The van der Waals surface area contributed by atoms with Gasteiger partial charge < -0.3 is 19.9 Å². The van der Waals surface area contributed by atoms with Gasteiger partial charge in [0.05, 0.1) is 37.0 Å². The third-order valence-electron chi connectivity index (χ3n) is 7.64. The first-order chi connectivity index (χ1) is 18.9. The van der Waals surface area contributed by atoms with Gasteiger partial charge in [0.1, 0.15) is 23.4 Å². The number of nitrogens with one attached hydrogen (secondary N) is 2. The molecule has 214 valence electrons. The molecule has 2 saturated heterocycles. The predicted molar refractivity (Wildman–Crippen MR) is 138 cm³/mol. The number of imidazole rings is 1. The van der Waals surface area contributed by atoms with Crippen molar-refractivity contribution < 1.29 is 26.7 Å². The Bertz CT molecular complexity index is 1580. The summed E-state index contributed by atoms with van der Waals surface area (Å²) < 4.78 is 77.7. The molecule has 2 aliphatic rings. The summed E-state index contributed by atoms with van der Waals surface area (Å²) in [5, 5.41) is 10.2. The van der Waals surface area contributed by atoms with Crippen LogP contribution >= 0.6 is 0 Å².